The summed E-state index contributed by atoms with van der Waals surface area (Å²) in [7, 11) is 0. The van der Waals surface area contributed by atoms with Gasteiger partial charge in [-0.25, -0.2) is 0 Å². The number of nitrogens with one attached hydrogen (secondary N) is 1. The second-order valence-electron chi connectivity index (χ2n) is 17.1. The summed E-state index contributed by atoms with van der Waals surface area (Å²) in [5.41, 5.74) is 0. The molecule has 0 aromatic carbocycles. The van der Waals surface area contributed by atoms with E-state index in [2.05, 4.69) is 31.3 Å². The lowest BCUT2D eigenvalue weighted by atomic mass is 10.0. The number of rotatable bonds is 45. The average Bonchev–Trinajstić information content (AvgIpc) is 3.16. The van der Waals surface area contributed by atoms with Crippen molar-refractivity contribution in [3.05, 3.63) is 12.2 Å². The summed E-state index contributed by atoms with van der Waals surface area (Å²) in [6.07, 6.45) is 53.5. The Labute approximate surface area is 338 Å². The standard InChI is InChI=1S/C49H97NO4/c1-3-5-7-9-11-13-15-17-18-19-20-21-22-23-24-25-26-27-28-29-30-31-32-34-36-38-40-42-46(52)44-49(54)50-47(45-51)48(53)43-41-39-37-35-33-16-14-12-10-8-6-4-2/h23-24,46-48,51-53H,3-22,25-45H2,1-2H3,(H,50,54)/b24-23-. The van der Waals surface area contributed by atoms with Gasteiger partial charge >= 0.3 is 0 Å². The average molecular weight is 764 g/mol. The lowest BCUT2D eigenvalue weighted by Gasteiger charge is -2.23. The molecular weight excluding hydrogens is 667 g/mol. The summed E-state index contributed by atoms with van der Waals surface area (Å²) in [6.45, 7) is 4.27. The summed E-state index contributed by atoms with van der Waals surface area (Å²) in [4.78, 5) is 12.5. The van der Waals surface area contributed by atoms with Crippen molar-refractivity contribution in [2.45, 2.75) is 289 Å². The second kappa shape index (κ2) is 44.8. The first-order valence-corrected chi connectivity index (χ1v) is 24.5. The smallest absolute Gasteiger partial charge is 0.222 e. The highest BCUT2D eigenvalue weighted by Gasteiger charge is 2.21. The topological polar surface area (TPSA) is 89.8 Å². The second-order valence-corrected chi connectivity index (χ2v) is 17.1. The van der Waals surface area contributed by atoms with E-state index in [0.717, 1.165) is 25.7 Å². The minimum Gasteiger partial charge on any atom is -0.394 e. The molecule has 1 amide bonds. The third kappa shape index (κ3) is 40.7. The number of allylic oxidation sites excluding steroid dienone is 2. The molecular formula is C49H97NO4. The molecule has 0 saturated heterocycles. The van der Waals surface area contributed by atoms with Crippen molar-refractivity contribution in [1.29, 1.82) is 0 Å². The highest BCUT2D eigenvalue weighted by molar-refractivity contribution is 5.76. The molecule has 0 aliphatic carbocycles. The number of carbonyl (C=O) groups excluding carboxylic acids is 1. The van der Waals surface area contributed by atoms with E-state index in [9.17, 15) is 20.1 Å². The molecule has 5 heteroatoms. The number of aliphatic hydroxyl groups excluding tert-OH is 3. The largest absolute Gasteiger partial charge is 0.394 e. The van der Waals surface area contributed by atoms with Gasteiger partial charge in [0, 0.05) is 0 Å². The van der Waals surface area contributed by atoms with E-state index >= 15 is 0 Å². The van der Waals surface area contributed by atoms with E-state index in [0.29, 0.717) is 12.8 Å². The number of amides is 1. The van der Waals surface area contributed by atoms with Crippen molar-refractivity contribution in [1.82, 2.24) is 5.32 Å². The molecule has 4 N–H and O–H groups in total. The van der Waals surface area contributed by atoms with Gasteiger partial charge in [0.1, 0.15) is 0 Å². The van der Waals surface area contributed by atoms with Crippen LogP contribution in [0.3, 0.4) is 0 Å². The van der Waals surface area contributed by atoms with E-state index in [1.54, 1.807) is 0 Å². The van der Waals surface area contributed by atoms with Crippen LogP contribution >= 0.6 is 0 Å². The van der Waals surface area contributed by atoms with E-state index in [4.69, 9.17) is 0 Å². The minimum absolute atomic E-state index is 0.0393. The van der Waals surface area contributed by atoms with Crippen molar-refractivity contribution >= 4 is 5.91 Å². The fourth-order valence-electron chi connectivity index (χ4n) is 7.81. The third-order valence-corrected chi connectivity index (χ3v) is 11.6. The van der Waals surface area contributed by atoms with E-state index in [-0.39, 0.29) is 18.9 Å². The van der Waals surface area contributed by atoms with Gasteiger partial charge in [-0.2, -0.15) is 0 Å². The van der Waals surface area contributed by atoms with Crippen molar-refractivity contribution < 1.29 is 20.1 Å². The molecule has 0 fully saturated rings. The normalized spacial score (nSPS) is 13.5. The van der Waals surface area contributed by atoms with Gasteiger partial charge in [-0.05, 0) is 38.5 Å². The first-order valence-electron chi connectivity index (χ1n) is 24.5. The van der Waals surface area contributed by atoms with Crippen molar-refractivity contribution in [2.75, 3.05) is 6.61 Å². The Balaban J connectivity index is 3.51. The van der Waals surface area contributed by atoms with E-state index in [1.807, 2.05) is 0 Å². The van der Waals surface area contributed by atoms with Crippen LogP contribution in [0.1, 0.15) is 271 Å². The van der Waals surface area contributed by atoms with Crippen LogP contribution in [-0.4, -0.2) is 46.1 Å². The first-order chi connectivity index (χ1) is 26.5. The first kappa shape index (κ1) is 53.1. The Kier molecular flexibility index (Phi) is 44.0. The molecule has 0 heterocycles. The van der Waals surface area contributed by atoms with E-state index in [1.165, 1.54) is 212 Å². The zero-order chi connectivity index (χ0) is 39.4. The molecule has 322 valence electrons. The predicted octanol–water partition coefficient (Wildman–Crippen LogP) is 14.4. The third-order valence-electron chi connectivity index (χ3n) is 11.6. The molecule has 0 saturated carbocycles. The molecule has 3 atom stereocenters. The number of aliphatic hydroxyl groups is 3. The quantitative estimate of drug-likeness (QED) is 0.0367. The fraction of sp³-hybridized carbons (Fsp3) is 0.939. The molecule has 0 bridgehead atoms. The fourth-order valence-corrected chi connectivity index (χ4v) is 7.81. The summed E-state index contributed by atoms with van der Waals surface area (Å²) < 4.78 is 0. The molecule has 5 nitrogen and oxygen atoms in total. The zero-order valence-corrected chi connectivity index (χ0v) is 36.6. The van der Waals surface area contributed by atoms with Gasteiger partial charge in [0.05, 0.1) is 31.3 Å². The molecule has 0 aromatic rings. The molecule has 0 spiro atoms. The van der Waals surface area contributed by atoms with Crippen molar-refractivity contribution in [2.24, 2.45) is 0 Å². The maximum Gasteiger partial charge on any atom is 0.222 e. The van der Waals surface area contributed by atoms with Gasteiger partial charge in [0.15, 0.2) is 0 Å². The van der Waals surface area contributed by atoms with Gasteiger partial charge < -0.3 is 20.6 Å². The van der Waals surface area contributed by atoms with Crippen molar-refractivity contribution in [3.8, 4) is 0 Å². The SMILES string of the molecule is CCCCCCCCCCCCCC/C=C\CCCCCCCCCCCCCC(O)CC(=O)NC(CO)C(O)CCCCCCCCCCCCCC. The molecule has 0 aromatic heterocycles. The Hall–Kier alpha value is -0.910. The van der Waals surface area contributed by atoms with Crippen LogP contribution < -0.4 is 5.32 Å². The summed E-state index contributed by atoms with van der Waals surface area (Å²) in [5.74, 6) is -0.281. The summed E-state index contributed by atoms with van der Waals surface area (Å²) in [5, 5.41) is 33.4. The number of hydrogen-bond donors (Lipinski definition) is 4. The monoisotopic (exact) mass is 764 g/mol. The molecule has 0 aliphatic heterocycles. The molecule has 0 radical (unpaired) electrons. The highest BCUT2D eigenvalue weighted by atomic mass is 16.3. The van der Waals surface area contributed by atoms with Gasteiger partial charge in [0.2, 0.25) is 5.91 Å². The maximum atomic E-state index is 12.5. The van der Waals surface area contributed by atoms with Crippen LogP contribution in [0.4, 0.5) is 0 Å². The maximum absolute atomic E-state index is 12.5. The Morgan fingerprint density at radius 1 is 0.444 bits per heavy atom. The van der Waals surface area contributed by atoms with Crippen LogP contribution in [0, 0.1) is 0 Å². The minimum atomic E-state index is -0.745. The van der Waals surface area contributed by atoms with Crippen LogP contribution in [-0.2, 0) is 4.79 Å². The number of hydrogen-bond acceptors (Lipinski definition) is 4. The Morgan fingerprint density at radius 2 is 0.741 bits per heavy atom. The van der Waals surface area contributed by atoms with Crippen molar-refractivity contribution in [3.63, 3.8) is 0 Å². The van der Waals surface area contributed by atoms with Crippen LogP contribution in [0.2, 0.25) is 0 Å². The molecule has 0 aliphatic rings. The zero-order valence-electron chi connectivity index (χ0n) is 36.6. The molecule has 3 unspecified atom stereocenters. The van der Waals surface area contributed by atoms with Crippen LogP contribution in [0.15, 0.2) is 12.2 Å². The predicted molar refractivity (Wildman–Crippen MR) is 236 cm³/mol. The lowest BCUT2D eigenvalue weighted by Crippen LogP contribution is -2.46. The lowest BCUT2D eigenvalue weighted by molar-refractivity contribution is -0.125. The molecule has 54 heavy (non-hydrogen) atoms. The Morgan fingerprint density at radius 3 is 1.07 bits per heavy atom. The number of carbonyl (C=O) groups is 1. The highest BCUT2D eigenvalue weighted by Crippen LogP contribution is 2.17. The van der Waals surface area contributed by atoms with Gasteiger partial charge in [0.25, 0.3) is 0 Å². The van der Waals surface area contributed by atoms with Gasteiger partial charge in [-0.15, -0.1) is 0 Å². The Bertz CT molecular complexity index is 758. The number of unbranched alkanes of at least 4 members (excludes halogenated alkanes) is 34. The van der Waals surface area contributed by atoms with Gasteiger partial charge in [-0.1, -0.05) is 238 Å². The van der Waals surface area contributed by atoms with E-state index < -0.39 is 18.2 Å². The summed E-state index contributed by atoms with van der Waals surface area (Å²) in [6, 6.07) is -0.654. The summed E-state index contributed by atoms with van der Waals surface area (Å²) >= 11 is 0. The van der Waals surface area contributed by atoms with Gasteiger partial charge in [-0.3, -0.25) is 4.79 Å². The van der Waals surface area contributed by atoms with Crippen LogP contribution in [0.5, 0.6) is 0 Å². The molecule has 0 rings (SSSR count). The van der Waals surface area contributed by atoms with Crippen LogP contribution in [0.25, 0.3) is 0 Å².